The Hall–Kier alpha value is -1.63. The summed E-state index contributed by atoms with van der Waals surface area (Å²) in [5.41, 5.74) is 5.18. The molecule has 6 nitrogen and oxygen atoms in total. The molecule has 6 N–H and O–H groups in total. The van der Waals surface area contributed by atoms with E-state index in [0.29, 0.717) is 11.3 Å². The summed E-state index contributed by atoms with van der Waals surface area (Å²) in [6.45, 7) is 0. The van der Waals surface area contributed by atoms with Gasteiger partial charge in [0.1, 0.15) is 0 Å². The third-order valence-electron chi connectivity index (χ3n) is 1.42. The molecule has 13 heavy (non-hydrogen) atoms. The van der Waals surface area contributed by atoms with E-state index in [4.69, 9.17) is 11.7 Å². The van der Waals surface area contributed by atoms with Crippen molar-refractivity contribution >= 4 is 11.7 Å². The lowest BCUT2D eigenvalue weighted by molar-refractivity contribution is 0.0254. The Morgan fingerprint density at radius 1 is 1.38 bits per heavy atom. The average molecular weight is 182 g/mol. The van der Waals surface area contributed by atoms with E-state index >= 15 is 0 Å². The van der Waals surface area contributed by atoms with Gasteiger partial charge in [0, 0.05) is 5.69 Å². The molecule has 0 saturated heterocycles. The Kier molecular flexibility index (Phi) is 3.21. The Labute approximate surface area is 74.7 Å². The molecule has 6 heteroatoms. The van der Waals surface area contributed by atoms with E-state index < -0.39 is 5.97 Å². The first-order valence-electron chi connectivity index (χ1n) is 3.51. The van der Waals surface area contributed by atoms with Gasteiger partial charge in [0.2, 0.25) is 0 Å². The molecule has 0 aliphatic rings. The molecule has 0 saturated carbocycles. The highest BCUT2D eigenvalue weighted by Gasteiger charge is 2.06. The number of nitrogens with two attached hydrogens (primary N) is 2. The molecule has 0 radical (unpaired) electrons. The van der Waals surface area contributed by atoms with Gasteiger partial charge in [-0.3, -0.25) is 5.84 Å². The molecule has 0 atom stereocenters. The van der Waals surface area contributed by atoms with Crippen LogP contribution in [0.2, 0.25) is 0 Å². The molecule has 0 fully saturated rings. The Morgan fingerprint density at radius 2 is 2.15 bits per heavy atom. The van der Waals surface area contributed by atoms with Gasteiger partial charge in [0.15, 0.2) is 0 Å². The summed E-state index contributed by atoms with van der Waals surface area (Å²) in [5.74, 6) is 9.38. The second-order valence-corrected chi connectivity index (χ2v) is 2.23. The van der Waals surface area contributed by atoms with E-state index in [2.05, 4.69) is 10.3 Å². The minimum absolute atomic E-state index is 0.355. The second-order valence-electron chi connectivity index (χ2n) is 2.23. The van der Waals surface area contributed by atoms with Gasteiger partial charge >= 0.3 is 5.97 Å². The smallest absolute Gasteiger partial charge is 0.351 e. The molecular weight excluding hydrogens is 172 g/mol. The van der Waals surface area contributed by atoms with Crippen molar-refractivity contribution < 1.29 is 9.63 Å². The molecule has 0 unspecified atom stereocenters. The van der Waals surface area contributed by atoms with Crippen molar-refractivity contribution in [3.05, 3.63) is 29.8 Å². The number of anilines is 1. The van der Waals surface area contributed by atoms with Crippen molar-refractivity contribution in [2.24, 2.45) is 11.7 Å². The van der Waals surface area contributed by atoms with Gasteiger partial charge in [-0.1, -0.05) is 11.7 Å². The zero-order valence-electron chi connectivity index (χ0n) is 6.78. The van der Waals surface area contributed by atoms with Crippen LogP contribution in [0.5, 0.6) is 0 Å². The Morgan fingerprint density at radius 3 is 2.77 bits per heavy atom. The lowest BCUT2D eigenvalue weighted by Crippen LogP contribution is -2.26. The lowest BCUT2D eigenvalue weighted by Gasteiger charge is -2.03. The molecule has 0 aromatic heterocycles. The maximum atomic E-state index is 11.1. The van der Waals surface area contributed by atoms with Crippen LogP contribution in [0.3, 0.4) is 0 Å². The van der Waals surface area contributed by atoms with Gasteiger partial charge in [-0.2, -0.15) is 0 Å². The standard InChI is InChI=1S/C7H10N4O2/c8-10-6-3-1-2-5(4-6)7(12)13-11-9/h1-4,10-11H,8-9H2. The number of hydrogen-bond acceptors (Lipinski definition) is 6. The first kappa shape index (κ1) is 9.46. The zero-order chi connectivity index (χ0) is 9.68. The second kappa shape index (κ2) is 4.41. The minimum atomic E-state index is -0.570. The fourth-order valence-corrected chi connectivity index (χ4v) is 0.848. The van der Waals surface area contributed by atoms with Crippen molar-refractivity contribution in [1.29, 1.82) is 0 Å². The number of hydrazine groups is 2. The van der Waals surface area contributed by atoms with Gasteiger partial charge in [-0.15, -0.1) is 0 Å². The predicted molar refractivity (Wildman–Crippen MR) is 47.0 cm³/mol. The highest BCUT2D eigenvalue weighted by molar-refractivity contribution is 5.90. The van der Waals surface area contributed by atoms with Gasteiger partial charge in [0.25, 0.3) is 0 Å². The molecular formula is C7H10N4O2. The number of nitrogens with one attached hydrogen (secondary N) is 2. The number of carbonyl (C=O) groups excluding carboxylic acids is 1. The number of hydrogen-bond donors (Lipinski definition) is 4. The topological polar surface area (TPSA) is 102 Å². The van der Waals surface area contributed by atoms with Crippen molar-refractivity contribution in [1.82, 2.24) is 5.59 Å². The summed E-state index contributed by atoms with van der Waals surface area (Å²) >= 11 is 0. The monoisotopic (exact) mass is 182 g/mol. The van der Waals surface area contributed by atoms with Crippen molar-refractivity contribution in [3.63, 3.8) is 0 Å². The summed E-state index contributed by atoms with van der Waals surface area (Å²) in [7, 11) is 0. The molecule has 0 amide bonds. The molecule has 1 rings (SSSR count). The van der Waals surface area contributed by atoms with Crippen molar-refractivity contribution in [2.45, 2.75) is 0 Å². The number of nitrogen functional groups attached to an aromatic ring is 1. The lowest BCUT2D eigenvalue weighted by atomic mass is 10.2. The van der Waals surface area contributed by atoms with Gasteiger partial charge in [-0.05, 0) is 18.2 Å². The molecule has 0 aliphatic heterocycles. The van der Waals surface area contributed by atoms with Crippen molar-refractivity contribution in [3.8, 4) is 0 Å². The van der Waals surface area contributed by atoms with Gasteiger partial charge in [0.05, 0.1) is 5.56 Å². The fourth-order valence-electron chi connectivity index (χ4n) is 0.848. The summed E-state index contributed by atoms with van der Waals surface area (Å²) in [5, 5.41) is 0. The van der Waals surface area contributed by atoms with Crippen LogP contribution in [0, 0.1) is 0 Å². The van der Waals surface area contributed by atoms with E-state index in [1.165, 1.54) is 0 Å². The molecule has 0 spiro atoms. The molecule has 70 valence electrons. The van der Waals surface area contributed by atoms with Crippen molar-refractivity contribution in [2.75, 3.05) is 5.43 Å². The van der Waals surface area contributed by atoms with Crippen LogP contribution in [0.4, 0.5) is 5.69 Å². The van der Waals surface area contributed by atoms with Crippen LogP contribution in [0.15, 0.2) is 24.3 Å². The highest BCUT2D eigenvalue weighted by atomic mass is 16.7. The van der Waals surface area contributed by atoms with Crippen LogP contribution in [0.1, 0.15) is 10.4 Å². The number of carbonyl (C=O) groups is 1. The Bertz CT molecular complexity index is 302. The van der Waals surface area contributed by atoms with Gasteiger partial charge < -0.3 is 10.3 Å². The SMILES string of the molecule is NNOC(=O)c1cccc(NN)c1. The quantitative estimate of drug-likeness (QED) is 0.371. The number of benzene rings is 1. The van der Waals surface area contributed by atoms with E-state index in [0.717, 1.165) is 0 Å². The first-order valence-corrected chi connectivity index (χ1v) is 3.51. The van der Waals surface area contributed by atoms with Crippen LogP contribution in [-0.4, -0.2) is 5.97 Å². The maximum absolute atomic E-state index is 11.1. The Balaban J connectivity index is 2.82. The zero-order valence-corrected chi connectivity index (χ0v) is 6.78. The average Bonchev–Trinajstić information content (AvgIpc) is 2.18. The van der Waals surface area contributed by atoms with Crippen LogP contribution < -0.4 is 22.7 Å². The van der Waals surface area contributed by atoms with E-state index in [1.807, 2.05) is 0 Å². The summed E-state index contributed by atoms with van der Waals surface area (Å²) < 4.78 is 0. The largest absolute Gasteiger partial charge is 0.358 e. The summed E-state index contributed by atoms with van der Waals surface area (Å²) in [6, 6.07) is 6.51. The normalized spacial score (nSPS) is 9.38. The number of rotatable bonds is 3. The molecule has 1 aromatic rings. The predicted octanol–water partition coefficient (Wildman–Crippen LogP) is -0.493. The minimum Gasteiger partial charge on any atom is -0.351 e. The molecule has 0 heterocycles. The van der Waals surface area contributed by atoms with E-state index in [9.17, 15) is 4.79 Å². The van der Waals surface area contributed by atoms with E-state index in [1.54, 1.807) is 29.9 Å². The fraction of sp³-hybridized carbons (Fsp3) is 0. The molecule has 0 aliphatic carbocycles. The van der Waals surface area contributed by atoms with E-state index in [-0.39, 0.29) is 0 Å². The van der Waals surface area contributed by atoms with Crippen LogP contribution >= 0.6 is 0 Å². The highest BCUT2D eigenvalue weighted by Crippen LogP contribution is 2.09. The molecule has 0 bridgehead atoms. The first-order chi connectivity index (χ1) is 6.27. The van der Waals surface area contributed by atoms with Gasteiger partial charge in [-0.25, -0.2) is 10.6 Å². The third kappa shape index (κ3) is 2.41. The molecule has 1 aromatic carbocycles. The van der Waals surface area contributed by atoms with Crippen LogP contribution in [-0.2, 0) is 4.84 Å². The summed E-state index contributed by atoms with van der Waals surface area (Å²) in [6.07, 6.45) is 0. The van der Waals surface area contributed by atoms with Crippen LogP contribution in [0.25, 0.3) is 0 Å². The summed E-state index contributed by atoms with van der Waals surface area (Å²) in [4.78, 5) is 15.4. The third-order valence-corrected chi connectivity index (χ3v) is 1.42. The maximum Gasteiger partial charge on any atom is 0.358 e.